The average Bonchev–Trinajstić information content (AvgIpc) is 2.27. The molecule has 2 rings (SSSR count). The van der Waals surface area contributed by atoms with Crippen LogP contribution in [0.1, 0.15) is 23.4 Å². The van der Waals surface area contributed by atoms with E-state index in [9.17, 15) is 4.79 Å². The van der Waals surface area contributed by atoms with Crippen molar-refractivity contribution in [3.8, 4) is 0 Å². The van der Waals surface area contributed by atoms with Gasteiger partial charge in [-0.15, -0.1) is 0 Å². The van der Waals surface area contributed by atoms with Gasteiger partial charge in [-0.3, -0.25) is 4.79 Å². The van der Waals surface area contributed by atoms with Gasteiger partial charge in [0.2, 0.25) is 0 Å². The lowest BCUT2D eigenvalue weighted by Gasteiger charge is -2.07. The lowest BCUT2D eigenvalue weighted by molar-refractivity contribution is 0.681. The molecule has 10 heavy (non-hydrogen) atoms. The monoisotopic (exact) mass is 155 g/mol. The minimum absolute atomic E-state index is 0.118. The fourth-order valence-corrected chi connectivity index (χ4v) is 2.30. The van der Waals surface area contributed by atoms with Gasteiger partial charge in [0, 0.05) is 10.6 Å². The summed E-state index contributed by atoms with van der Waals surface area (Å²) in [7, 11) is 0. The van der Waals surface area contributed by atoms with Gasteiger partial charge in [-0.2, -0.15) is 0 Å². The second-order valence-electron chi connectivity index (χ2n) is 2.62. The van der Waals surface area contributed by atoms with Crippen LogP contribution in [0, 0.1) is 0 Å². The van der Waals surface area contributed by atoms with E-state index in [1.807, 2.05) is 0 Å². The van der Waals surface area contributed by atoms with Crippen molar-refractivity contribution in [2.75, 3.05) is 0 Å². The zero-order chi connectivity index (χ0) is 6.97. The number of nitrogens with one attached hydrogen (secondary N) is 1. The summed E-state index contributed by atoms with van der Waals surface area (Å²) in [5.74, 6) is 0. The van der Waals surface area contributed by atoms with E-state index in [0.717, 1.165) is 12.8 Å². The Kier molecular flexibility index (Phi) is 1.38. The van der Waals surface area contributed by atoms with Crippen molar-refractivity contribution in [2.45, 2.75) is 25.7 Å². The molecule has 1 aromatic heterocycles. The molecule has 3 heteroatoms. The second kappa shape index (κ2) is 2.23. The normalized spacial score (nSPS) is 16.8. The Morgan fingerprint density at radius 3 is 2.90 bits per heavy atom. The van der Waals surface area contributed by atoms with E-state index < -0.39 is 0 Å². The van der Waals surface area contributed by atoms with Gasteiger partial charge in [0.15, 0.2) is 0 Å². The standard InChI is InChI=1S/C7H9NOS/c9-7-8-5-3-1-2-4-6(5)10-7/h1-4H2,(H,8,9). The fraction of sp³-hybridized carbons (Fsp3) is 0.571. The molecule has 0 fully saturated rings. The van der Waals surface area contributed by atoms with Crippen LogP contribution in [-0.2, 0) is 12.8 Å². The zero-order valence-electron chi connectivity index (χ0n) is 5.64. The van der Waals surface area contributed by atoms with Crippen LogP contribution in [0.5, 0.6) is 0 Å². The number of aryl methyl sites for hydroxylation is 2. The SMILES string of the molecule is O=c1[nH]c2c(s1)CCCC2. The Morgan fingerprint density at radius 2 is 2.10 bits per heavy atom. The van der Waals surface area contributed by atoms with Gasteiger partial charge >= 0.3 is 4.87 Å². The van der Waals surface area contributed by atoms with Crippen molar-refractivity contribution in [3.63, 3.8) is 0 Å². The van der Waals surface area contributed by atoms with Crippen LogP contribution in [-0.4, -0.2) is 4.98 Å². The average molecular weight is 155 g/mol. The van der Waals surface area contributed by atoms with Crippen molar-refractivity contribution < 1.29 is 0 Å². The molecule has 0 saturated carbocycles. The van der Waals surface area contributed by atoms with Gasteiger partial charge in [0.1, 0.15) is 0 Å². The van der Waals surface area contributed by atoms with Gasteiger partial charge in [0.05, 0.1) is 0 Å². The van der Waals surface area contributed by atoms with Crippen molar-refractivity contribution in [1.29, 1.82) is 0 Å². The van der Waals surface area contributed by atoms with Gasteiger partial charge in [-0.05, 0) is 25.7 Å². The number of aromatic nitrogens is 1. The molecular weight excluding hydrogens is 146 g/mol. The van der Waals surface area contributed by atoms with Crippen LogP contribution in [0.25, 0.3) is 0 Å². The molecule has 0 unspecified atom stereocenters. The minimum Gasteiger partial charge on any atom is -0.316 e. The predicted molar refractivity (Wildman–Crippen MR) is 41.6 cm³/mol. The number of thiazole rings is 1. The first-order valence-electron chi connectivity index (χ1n) is 3.57. The first kappa shape index (κ1) is 6.16. The third-order valence-corrected chi connectivity index (χ3v) is 2.87. The third kappa shape index (κ3) is 0.904. The Labute approximate surface area is 62.9 Å². The Balaban J connectivity index is 2.50. The Bertz CT molecular complexity index is 260. The maximum atomic E-state index is 10.8. The second-order valence-corrected chi connectivity index (χ2v) is 3.69. The minimum atomic E-state index is 0.118. The molecule has 0 atom stereocenters. The molecule has 0 bridgehead atoms. The molecule has 2 nitrogen and oxygen atoms in total. The van der Waals surface area contributed by atoms with Crippen molar-refractivity contribution in [1.82, 2.24) is 4.98 Å². The van der Waals surface area contributed by atoms with Gasteiger partial charge in [-0.25, -0.2) is 0 Å². The zero-order valence-corrected chi connectivity index (χ0v) is 6.46. The number of hydrogen-bond acceptors (Lipinski definition) is 2. The maximum absolute atomic E-state index is 10.8. The summed E-state index contributed by atoms with van der Waals surface area (Å²) in [5.41, 5.74) is 1.20. The van der Waals surface area contributed by atoms with Gasteiger partial charge in [0.25, 0.3) is 0 Å². The van der Waals surface area contributed by atoms with Crippen molar-refractivity contribution in [2.24, 2.45) is 0 Å². The van der Waals surface area contributed by atoms with Crippen LogP contribution < -0.4 is 4.87 Å². The lowest BCUT2D eigenvalue weighted by Crippen LogP contribution is -2.00. The molecule has 1 aliphatic carbocycles. The van der Waals surface area contributed by atoms with E-state index in [1.165, 1.54) is 34.7 Å². The summed E-state index contributed by atoms with van der Waals surface area (Å²) in [6, 6.07) is 0. The summed E-state index contributed by atoms with van der Waals surface area (Å²) in [6.07, 6.45) is 4.67. The van der Waals surface area contributed by atoms with Crippen LogP contribution in [0.15, 0.2) is 4.79 Å². The molecule has 0 amide bonds. The van der Waals surface area contributed by atoms with Crippen LogP contribution in [0.2, 0.25) is 0 Å². The number of hydrogen-bond donors (Lipinski definition) is 1. The molecule has 0 radical (unpaired) electrons. The van der Waals surface area contributed by atoms with Gasteiger partial charge in [-0.1, -0.05) is 11.3 Å². The molecular formula is C7H9NOS. The summed E-state index contributed by atoms with van der Waals surface area (Å²) in [4.78, 5) is 15.1. The molecule has 1 N–H and O–H groups in total. The molecule has 1 aromatic rings. The number of rotatable bonds is 0. The molecule has 54 valence electrons. The largest absolute Gasteiger partial charge is 0.316 e. The quantitative estimate of drug-likeness (QED) is 0.602. The molecule has 0 aliphatic heterocycles. The first-order chi connectivity index (χ1) is 4.86. The topological polar surface area (TPSA) is 32.9 Å². The molecule has 0 saturated heterocycles. The maximum Gasteiger partial charge on any atom is 0.304 e. The van der Waals surface area contributed by atoms with Gasteiger partial charge < -0.3 is 4.98 Å². The van der Waals surface area contributed by atoms with E-state index in [4.69, 9.17) is 0 Å². The van der Waals surface area contributed by atoms with E-state index in [-0.39, 0.29) is 4.87 Å². The third-order valence-electron chi connectivity index (χ3n) is 1.89. The van der Waals surface area contributed by atoms with Crippen LogP contribution in [0.4, 0.5) is 0 Å². The predicted octanol–water partition coefficient (Wildman–Crippen LogP) is 1.32. The summed E-state index contributed by atoms with van der Waals surface area (Å²) in [5, 5.41) is 0. The van der Waals surface area contributed by atoms with Crippen LogP contribution in [0.3, 0.4) is 0 Å². The van der Waals surface area contributed by atoms with Crippen molar-refractivity contribution >= 4 is 11.3 Å². The Morgan fingerprint density at radius 1 is 1.30 bits per heavy atom. The van der Waals surface area contributed by atoms with E-state index in [1.54, 1.807) is 0 Å². The summed E-state index contributed by atoms with van der Waals surface area (Å²) < 4.78 is 0. The smallest absolute Gasteiger partial charge is 0.304 e. The van der Waals surface area contributed by atoms with E-state index >= 15 is 0 Å². The number of H-pyrrole nitrogens is 1. The highest BCUT2D eigenvalue weighted by atomic mass is 32.1. The molecule has 1 heterocycles. The molecule has 0 spiro atoms. The van der Waals surface area contributed by atoms with E-state index in [0.29, 0.717) is 0 Å². The molecule has 1 aliphatic rings. The number of aromatic amines is 1. The molecule has 0 aromatic carbocycles. The fourth-order valence-electron chi connectivity index (χ4n) is 1.38. The first-order valence-corrected chi connectivity index (χ1v) is 4.39. The number of fused-ring (bicyclic) bond motifs is 1. The highest BCUT2D eigenvalue weighted by molar-refractivity contribution is 7.09. The summed E-state index contributed by atoms with van der Waals surface area (Å²) >= 11 is 1.38. The van der Waals surface area contributed by atoms with Crippen LogP contribution >= 0.6 is 11.3 Å². The highest BCUT2D eigenvalue weighted by Gasteiger charge is 2.11. The van der Waals surface area contributed by atoms with Crippen molar-refractivity contribution in [3.05, 3.63) is 20.2 Å². The highest BCUT2D eigenvalue weighted by Crippen LogP contribution is 2.20. The Hall–Kier alpha value is -0.570. The summed E-state index contributed by atoms with van der Waals surface area (Å²) in [6.45, 7) is 0. The lowest BCUT2D eigenvalue weighted by atomic mass is 10.0. The van der Waals surface area contributed by atoms with E-state index in [2.05, 4.69) is 4.98 Å².